The predicted molar refractivity (Wildman–Crippen MR) is 91.1 cm³/mol. The Bertz CT molecular complexity index is 797. The summed E-state index contributed by atoms with van der Waals surface area (Å²) in [6.07, 6.45) is 6.37. The number of rotatable bonds is 5. The van der Waals surface area contributed by atoms with Gasteiger partial charge in [0.2, 0.25) is 0 Å². The molecule has 122 valence electrons. The van der Waals surface area contributed by atoms with Crippen molar-refractivity contribution in [3.63, 3.8) is 0 Å². The lowest BCUT2D eigenvalue weighted by Gasteiger charge is -2.10. The fraction of sp³-hybridized carbons (Fsp3) is 0.278. The van der Waals surface area contributed by atoms with Crippen molar-refractivity contribution < 1.29 is 4.74 Å². The van der Waals surface area contributed by atoms with Crippen LogP contribution in [0.15, 0.2) is 55.1 Å². The number of hydrogen-bond acceptors (Lipinski definition) is 5. The predicted octanol–water partition coefficient (Wildman–Crippen LogP) is 2.78. The number of aromatic nitrogens is 4. The van der Waals surface area contributed by atoms with E-state index in [1.54, 1.807) is 12.5 Å². The van der Waals surface area contributed by atoms with Gasteiger partial charge in [-0.15, -0.1) is 0 Å². The Balaban J connectivity index is 1.45. The van der Waals surface area contributed by atoms with Crippen LogP contribution in [0.2, 0.25) is 0 Å². The van der Waals surface area contributed by atoms with Crippen molar-refractivity contribution in [3.05, 3.63) is 66.4 Å². The summed E-state index contributed by atoms with van der Waals surface area (Å²) in [6.45, 7) is 2.27. The zero-order valence-corrected chi connectivity index (χ0v) is 13.3. The Morgan fingerprint density at radius 3 is 3.04 bits per heavy atom. The van der Waals surface area contributed by atoms with Gasteiger partial charge in [-0.1, -0.05) is 12.1 Å². The fourth-order valence-electron chi connectivity index (χ4n) is 2.88. The molecule has 0 unspecified atom stereocenters. The number of hydrogen-bond donors (Lipinski definition) is 1. The van der Waals surface area contributed by atoms with Crippen molar-refractivity contribution in [3.8, 4) is 5.69 Å². The van der Waals surface area contributed by atoms with E-state index in [1.165, 1.54) is 5.56 Å². The average Bonchev–Trinajstić information content (AvgIpc) is 3.34. The first-order chi connectivity index (χ1) is 11.9. The van der Waals surface area contributed by atoms with Crippen LogP contribution in [0.25, 0.3) is 5.69 Å². The van der Waals surface area contributed by atoms with E-state index in [4.69, 9.17) is 4.74 Å². The lowest BCUT2D eigenvalue weighted by atomic mass is 10.1. The standard InChI is InChI=1S/C18H19N5O/c1-3-14(9-16(4-1)23-7-2-6-22-23)11-19-18-10-17(20-13-21-18)15-5-8-24-12-15/h1-4,6-7,9-10,13,15H,5,8,11-12H2,(H,19,20,21)/t15-/m0/s1. The molecule has 0 spiro atoms. The van der Waals surface area contributed by atoms with Gasteiger partial charge in [0, 0.05) is 37.5 Å². The van der Waals surface area contributed by atoms with E-state index in [1.807, 2.05) is 35.1 Å². The van der Waals surface area contributed by atoms with E-state index in [2.05, 4.69) is 32.5 Å². The maximum Gasteiger partial charge on any atom is 0.129 e. The molecule has 0 amide bonds. The summed E-state index contributed by atoms with van der Waals surface area (Å²) < 4.78 is 7.29. The average molecular weight is 321 g/mol. The molecule has 0 saturated carbocycles. The molecule has 4 rings (SSSR count). The summed E-state index contributed by atoms with van der Waals surface area (Å²) in [4.78, 5) is 8.70. The minimum atomic E-state index is 0.386. The van der Waals surface area contributed by atoms with Gasteiger partial charge in [-0.3, -0.25) is 0 Å². The van der Waals surface area contributed by atoms with Crippen molar-refractivity contribution in [2.24, 2.45) is 0 Å². The number of nitrogens with one attached hydrogen (secondary N) is 1. The van der Waals surface area contributed by atoms with E-state index in [0.717, 1.165) is 36.8 Å². The second-order valence-electron chi connectivity index (χ2n) is 5.86. The van der Waals surface area contributed by atoms with Gasteiger partial charge in [0.05, 0.1) is 18.0 Å². The highest BCUT2D eigenvalue weighted by Gasteiger charge is 2.19. The first kappa shape index (κ1) is 14.8. The van der Waals surface area contributed by atoms with Crippen LogP contribution in [0, 0.1) is 0 Å². The summed E-state index contributed by atoms with van der Waals surface area (Å²) >= 11 is 0. The van der Waals surface area contributed by atoms with Gasteiger partial charge in [0.1, 0.15) is 12.1 Å². The normalized spacial score (nSPS) is 17.1. The first-order valence-electron chi connectivity index (χ1n) is 8.11. The highest BCUT2D eigenvalue weighted by molar-refractivity contribution is 5.40. The van der Waals surface area contributed by atoms with Crippen LogP contribution >= 0.6 is 0 Å². The van der Waals surface area contributed by atoms with Crippen LogP contribution in [-0.2, 0) is 11.3 Å². The Hall–Kier alpha value is -2.73. The summed E-state index contributed by atoms with van der Waals surface area (Å²) in [7, 11) is 0. The molecular weight excluding hydrogens is 302 g/mol. The number of benzene rings is 1. The molecule has 1 aliphatic rings. The Morgan fingerprint density at radius 1 is 1.21 bits per heavy atom. The van der Waals surface area contributed by atoms with Crippen LogP contribution in [0.1, 0.15) is 23.6 Å². The van der Waals surface area contributed by atoms with Crippen LogP contribution in [0.3, 0.4) is 0 Å². The summed E-state index contributed by atoms with van der Waals surface area (Å²) in [6, 6.07) is 12.2. The third kappa shape index (κ3) is 3.28. The second kappa shape index (κ2) is 6.80. The second-order valence-corrected chi connectivity index (χ2v) is 5.86. The molecule has 0 bridgehead atoms. The largest absolute Gasteiger partial charge is 0.381 e. The van der Waals surface area contributed by atoms with Crippen LogP contribution < -0.4 is 5.32 Å². The van der Waals surface area contributed by atoms with E-state index < -0.39 is 0 Å². The monoisotopic (exact) mass is 321 g/mol. The molecule has 1 fully saturated rings. The topological polar surface area (TPSA) is 64.9 Å². The van der Waals surface area contributed by atoms with E-state index >= 15 is 0 Å². The van der Waals surface area contributed by atoms with Gasteiger partial charge in [0.15, 0.2) is 0 Å². The molecular formula is C18H19N5O. The first-order valence-corrected chi connectivity index (χ1v) is 8.11. The zero-order chi connectivity index (χ0) is 16.2. The molecule has 2 aromatic heterocycles. The van der Waals surface area contributed by atoms with Crippen molar-refractivity contribution >= 4 is 5.82 Å². The lowest BCUT2D eigenvalue weighted by molar-refractivity contribution is 0.193. The summed E-state index contributed by atoms with van der Waals surface area (Å²) in [5, 5.41) is 7.64. The maximum absolute atomic E-state index is 5.44. The zero-order valence-electron chi connectivity index (χ0n) is 13.3. The number of nitrogens with zero attached hydrogens (tertiary/aromatic N) is 4. The highest BCUT2D eigenvalue weighted by atomic mass is 16.5. The van der Waals surface area contributed by atoms with Crippen molar-refractivity contribution in [1.82, 2.24) is 19.7 Å². The molecule has 1 aliphatic heterocycles. The molecule has 0 aliphatic carbocycles. The highest BCUT2D eigenvalue weighted by Crippen LogP contribution is 2.24. The molecule has 3 heterocycles. The van der Waals surface area contributed by atoms with Crippen LogP contribution in [0.5, 0.6) is 0 Å². The summed E-state index contributed by atoms with van der Waals surface area (Å²) in [5.41, 5.74) is 3.27. The van der Waals surface area contributed by atoms with Crippen molar-refractivity contribution in [2.45, 2.75) is 18.9 Å². The summed E-state index contributed by atoms with van der Waals surface area (Å²) in [5.74, 6) is 1.23. The van der Waals surface area contributed by atoms with Gasteiger partial charge < -0.3 is 10.1 Å². The minimum absolute atomic E-state index is 0.386. The fourth-order valence-corrected chi connectivity index (χ4v) is 2.88. The number of ether oxygens (including phenoxy) is 1. The van der Waals surface area contributed by atoms with Crippen LogP contribution in [0.4, 0.5) is 5.82 Å². The number of anilines is 1. The Morgan fingerprint density at radius 2 is 2.21 bits per heavy atom. The molecule has 1 atom stereocenters. The molecule has 3 aromatic rings. The third-order valence-electron chi connectivity index (χ3n) is 4.19. The van der Waals surface area contributed by atoms with E-state index in [-0.39, 0.29) is 0 Å². The molecule has 6 nitrogen and oxygen atoms in total. The van der Waals surface area contributed by atoms with Crippen molar-refractivity contribution in [2.75, 3.05) is 18.5 Å². The molecule has 24 heavy (non-hydrogen) atoms. The van der Waals surface area contributed by atoms with E-state index in [0.29, 0.717) is 12.5 Å². The Labute approximate surface area is 140 Å². The SMILES string of the molecule is c1cc(CNc2cc([C@H]3CCOC3)ncn2)cc(-n2cccn2)c1. The quantitative estimate of drug-likeness (QED) is 0.783. The van der Waals surface area contributed by atoms with Gasteiger partial charge in [-0.05, 0) is 30.2 Å². The van der Waals surface area contributed by atoms with Crippen molar-refractivity contribution in [1.29, 1.82) is 0 Å². The van der Waals surface area contributed by atoms with Gasteiger partial charge >= 0.3 is 0 Å². The smallest absolute Gasteiger partial charge is 0.129 e. The molecule has 1 saturated heterocycles. The minimum Gasteiger partial charge on any atom is -0.381 e. The van der Waals surface area contributed by atoms with Gasteiger partial charge in [-0.2, -0.15) is 5.10 Å². The molecule has 6 heteroatoms. The maximum atomic E-state index is 5.44. The van der Waals surface area contributed by atoms with E-state index in [9.17, 15) is 0 Å². The third-order valence-corrected chi connectivity index (χ3v) is 4.19. The Kier molecular flexibility index (Phi) is 4.20. The van der Waals surface area contributed by atoms with Gasteiger partial charge in [-0.25, -0.2) is 14.6 Å². The molecule has 1 N–H and O–H groups in total. The van der Waals surface area contributed by atoms with Crippen LogP contribution in [-0.4, -0.2) is 33.0 Å². The van der Waals surface area contributed by atoms with Gasteiger partial charge in [0.25, 0.3) is 0 Å². The lowest BCUT2D eigenvalue weighted by Crippen LogP contribution is -2.06. The molecule has 1 aromatic carbocycles. The molecule has 0 radical (unpaired) electrons.